The summed E-state index contributed by atoms with van der Waals surface area (Å²) >= 11 is 0. The molecule has 0 radical (unpaired) electrons. The quantitative estimate of drug-likeness (QED) is 0.493. The van der Waals surface area contributed by atoms with Gasteiger partial charge < -0.3 is 19.6 Å². The number of rotatable bonds is 3. The maximum Gasteiger partial charge on any atom is 0.355 e. The van der Waals surface area contributed by atoms with Gasteiger partial charge in [-0.1, -0.05) is 0 Å². The smallest absolute Gasteiger partial charge is 0.323 e. The molecule has 0 rings (SSSR count). The minimum atomic E-state index is -5.31. The highest BCUT2D eigenvalue weighted by atomic mass is 31.3. The summed E-state index contributed by atoms with van der Waals surface area (Å²) in [7, 11) is -14.5. The Morgan fingerprint density at radius 3 is 1.17 bits per heavy atom. The Hall–Kier alpha value is 0.200. The molecule has 0 aliphatic rings. The Kier molecular flexibility index (Phi) is 3.58. The third-order valence-electron chi connectivity index (χ3n) is 0.790. The second-order valence-corrected chi connectivity index (χ2v) is 7.51. The predicted molar refractivity (Wildman–Crippen MR) is 36.2 cm³/mol. The van der Waals surface area contributed by atoms with Crippen molar-refractivity contribution in [3.05, 3.63) is 0 Å². The fourth-order valence-corrected chi connectivity index (χ4v) is 3.97. The molecule has 0 aliphatic carbocycles. The Labute approximate surface area is 66.8 Å². The van der Waals surface area contributed by atoms with Crippen molar-refractivity contribution in [2.24, 2.45) is 0 Å². The summed E-state index contributed by atoms with van der Waals surface area (Å²) in [6, 6.07) is 0. The van der Waals surface area contributed by atoms with E-state index < -0.39 is 28.0 Å². The van der Waals surface area contributed by atoms with Crippen LogP contribution < -0.4 is 0 Å². The summed E-state index contributed by atoms with van der Waals surface area (Å²) in [5, 5.41) is -2.93. The molecule has 0 aromatic heterocycles. The molecular formula is CH5O8P3. The van der Waals surface area contributed by atoms with Crippen molar-refractivity contribution in [1.82, 2.24) is 0 Å². The zero-order valence-electron chi connectivity index (χ0n) is 5.34. The fourth-order valence-electron chi connectivity index (χ4n) is 0.442. The summed E-state index contributed by atoms with van der Waals surface area (Å²) < 4.78 is 40.6. The van der Waals surface area contributed by atoms with E-state index in [0.29, 0.717) is 0 Å². The van der Waals surface area contributed by atoms with Gasteiger partial charge in [0.1, 0.15) is 0 Å². The molecule has 0 aliphatic heterocycles. The molecule has 11 heteroatoms. The molecule has 0 aromatic rings. The van der Waals surface area contributed by atoms with Gasteiger partial charge in [-0.15, -0.1) is 0 Å². The molecular weight excluding hydrogens is 233 g/mol. The van der Waals surface area contributed by atoms with Crippen LogP contribution in [-0.2, 0) is 18.3 Å². The summed E-state index contributed by atoms with van der Waals surface area (Å²) in [5.74, 6) is 0. The average molecular weight is 238 g/mol. The van der Waals surface area contributed by atoms with Gasteiger partial charge in [0.2, 0.25) is 0 Å². The van der Waals surface area contributed by atoms with Gasteiger partial charge in [-0.05, 0) is 0 Å². The lowest BCUT2D eigenvalue weighted by Crippen LogP contribution is -2.01. The molecule has 0 fully saturated rings. The zero-order chi connectivity index (χ0) is 10.2. The highest BCUT2D eigenvalue weighted by Gasteiger charge is 2.48. The van der Waals surface area contributed by atoms with E-state index in [2.05, 4.69) is 0 Å². The van der Waals surface area contributed by atoms with Crippen LogP contribution in [0.15, 0.2) is 0 Å². The second kappa shape index (κ2) is 3.52. The first-order valence-electron chi connectivity index (χ1n) is 2.30. The standard InChI is InChI=1S/CH5O8P3/c2-10(3)1(11(4,5)6)12(7,8)9/h1H,(H2,4,5,6)(H2,7,8,9). The van der Waals surface area contributed by atoms with Gasteiger partial charge in [-0.3, -0.25) is 9.13 Å². The SMILES string of the molecule is O=P(=O)C(P(=O)(O)O)P(=O)(O)O. The molecule has 0 saturated carbocycles. The molecule has 12 heavy (non-hydrogen) atoms. The molecule has 4 N–H and O–H groups in total. The lowest BCUT2D eigenvalue weighted by Gasteiger charge is -2.11. The molecule has 0 bridgehead atoms. The zero-order valence-corrected chi connectivity index (χ0v) is 8.02. The summed E-state index contributed by atoms with van der Waals surface area (Å²) in [5.41, 5.74) is 0. The van der Waals surface area contributed by atoms with Crippen LogP contribution in [0, 0.1) is 0 Å². The van der Waals surface area contributed by atoms with Crippen LogP contribution in [0.2, 0.25) is 0 Å². The van der Waals surface area contributed by atoms with E-state index in [-0.39, 0.29) is 0 Å². The van der Waals surface area contributed by atoms with Crippen LogP contribution in [0.25, 0.3) is 0 Å². The Morgan fingerprint density at radius 1 is 0.917 bits per heavy atom. The first-order chi connectivity index (χ1) is 5.07. The molecule has 0 aromatic carbocycles. The Morgan fingerprint density at radius 2 is 1.17 bits per heavy atom. The maximum atomic E-state index is 10.2. The average Bonchev–Trinajstić information content (AvgIpc) is 1.49. The van der Waals surface area contributed by atoms with Crippen molar-refractivity contribution in [2.75, 3.05) is 0 Å². The Bertz CT molecular complexity index is 283. The molecule has 0 amide bonds. The van der Waals surface area contributed by atoms with Crippen molar-refractivity contribution in [3.8, 4) is 0 Å². The highest BCUT2D eigenvalue weighted by Crippen LogP contribution is 2.66. The third kappa shape index (κ3) is 3.29. The van der Waals surface area contributed by atoms with Crippen LogP contribution in [0.1, 0.15) is 0 Å². The molecule has 8 nitrogen and oxygen atoms in total. The normalized spacial score (nSPS) is 13.4. The summed E-state index contributed by atoms with van der Waals surface area (Å²) in [4.78, 5) is 32.9. The van der Waals surface area contributed by atoms with Crippen molar-refractivity contribution in [1.29, 1.82) is 0 Å². The van der Waals surface area contributed by atoms with Gasteiger partial charge in [-0.25, -0.2) is 9.13 Å². The topological polar surface area (TPSA) is 149 Å². The van der Waals surface area contributed by atoms with Gasteiger partial charge in [0, 0.05) is 0 Å². The predicted octanol–water partition coefficient (Wildman–Crippen LogP) is -0.202. The van der Waals surface area contributed by atoms with E-state index in [1.165, 1.54) is 0 Å². The minimum absolute atomic E-state index is 2.93. The van der Waals surface area contributed by atoms with E-state index in [1.807, 2.05) is 0 Å². The van der Waals surface area contributed by atoms with E-state index in [0.717, 1.165) is 0 Å². The lowest BCUT2D eigenvalue weighted by molar-refractivity contribution is 0.349. The van der Waals surface area contributed by atoms with Crippen LogP contribution in [-0.4, -0.2) is 24.7 Å². The number of hydrogen-bond acceptors (Lipinski definition) is 4. The molecule has 0 spiro atoms. The van der Waals surface area contributed by atoms with Gasteiger partial charge in [-0.2, -0.15) is 0 Å². The van der Waals surface area contributed by atoms with Crippen molar-refractivity contribution in [2.45, 2.75) is 5.14 Å². The highest BCUT2D eigenvalue weighted by molar-refractivity contribution is 7.81. The monoisotopic (exact) mass is 238 g/mol. The van der Waals surface area contributed by atoms with Crippen molar-refractivity contribution < 1.29 is 37.8 Å². The van der Waals surface area contributed by atoms with E-state index in [4.69, 9.17) is 19.6 Å². The van der Waals surface area contributed by atoms with Gasteiger partial charge >= 0.3 is 22.9 Å². The van der Waals surface area contributed by atoms with Crippen LogP contribution >= 0.6 is 22.9 Å². The summed E-state index contributed by atoms with van der Waals surface area (Å²) in [6.45, 7) is 0. The van der Waals surface area contributed by atoms with Crippen molar-refractivity contribution >= 4 is 22.9 Å². The van der Waals surface area contributed by atoms with E-state index in [1.54, 1.807) is 0 Å². The molecule has 0 unspecified atom stereocenters. The van der Waals surface area contributed by atoms with E-state index >= 15 is 0 Å². The van der Waals surface area contributed by atoms with Gasteiger partial charge in [0.25, 0.3) is 5.14 Å². The molecule has 0 atom stereocenters. The van der Waals surface area contributed by atoms with Crippen LogP contribution in [0.4, 0.5) is 0 Å². The van der Waals surface area contributed by atoms with Crippen LogP contribution in [0.5, 0.6) is 0 Å². The first kappa shape index (κ1) is 12.2. The fraction of sp³-hybridized carbons (Fsp3) is 1.00. The lowest BCUT2D eigenvalue weighted by atomic mass is 11.9. The molecule has 0 saturated heterocycles. The minimum Gasteiger partial charge on any atom is -0.323 e. The largest absolute Gasteiger partial charge is 0.355 e. The number of hydrogen-bond donors (Lipinski definition) is 4. The van der Waals surface area contributed by atoms with Crippen LogP contribution in [0.3, 0.4) is 0 Å². The maximum absolute atomic E-state index is 10.2. The summed E-state index contributed by atoms with van der Waals surface area (Å²) in [6.07, 6.45) is 0. The molecule has 72 valence electrons. The molecule has 0 heterocycles. The van der Waals surface area contributed by atoms with Crippen molar-refractivity contribution in [3.63, 3.8) is 0 Å². The van der Waals surface area contributed by atoms with E-state index in [9.17, 15) is 18.3 Å². The third-order valence-corrected chi connectivity index (χ3v) is 7.11. The first-order valence-corrected chi connectivity index (χ1v) is 6.91. The van der Waals surface area contributed by atoms with Gasteiger partial charge in [0.15, 0.2) is 0 Å². The Balaban J connectivity index is 5.25. The van der Waals surface area contributed by atoms with Gasteiger partial charge in [0.05, 0.1) is 0 Å². The second-order valence-electron chi connectivity index (χ2n) is 1.81.